The van der Waals surface area contributed by atoms with Crippen LogP contribution in [0.5, 0.6) is 5.75 Å². The molecule has 0 aliphatic heterocycles. The number of para-hydroxylation sites is 1. The van der Waals surface area contributed by atoms with Crippen molar-refractivity contribution < 1.29 is 34.5 Å². The van der Waals surface area contributed by atoms with Crippen LogP contribution < -0.4 is 4.18 Å². The molecular formula is C8H5F5O3S. The van der Waals surface area contributed by atoms with Gasteiger partial charge in [-0.2, -0.15) is 30.3 Å². The fourth-order valence-corrected chi connectivity index (χ4v) is 1.27. The molecule has 1 atom stereocenters. The van der Waals surface area contributed by atoms with E-state index < -0.39 is 23.6 Å². The van der Waals surface area contributed by atoms with E-state index in [9.17, 15) is 26.2 Å². The van der Waals surface area contributed by atoms with Gasteiger partial charge < -0.3 is 4.18 Å². The van der Waals surface area contributed by atoms with Crippen LogP contribution in [0.25, 0.3) is 0 Å². The van der Waals surface area contributed by atoms with Crippen LogP contribution in [0, 0.1) is 0 Å². The van der Waals surface area contributed by atoms with Gasteiger partial charge in [-0.1, -0.05) is 18.2 Å². The quantitative estimate of drug-likeness (QED) is 0.793. The standard InChI is InChI=1S/C8H5F5O3S/c9-7(10,11)8(12,13)16-17(14)15-6-4-2-1-3-5-6/h1-5H. The molecule has 3 nitrogen and oxygen atoms in total. The van der Waals surface area contributed by atoms with Gasteiger partial charge in [-0.15, -0.1) is 0 Å². The molecule has 0 fully saturated rings. The van der Waals surface area contributed by atoms with E-state index in [1.165, 1.54) is 24.3 Å². The van der Waals surface area contributed by atoms with E-state index in [1.807, 2.05) is 0 Å². The van der Waals surface area contributed by atoms with E-state index in [-0.39, 0.29) is 5.75 Å². The topological polar surface area (TPSA) is 35.5 Å². The van der Waals surface area contributed by atoms with E-state index in [2.05, 4.69) is 8.37 Å². The summed E-state index contributed by atoms with van der Waals surface area (Å²) in [6.07, 6.45) is -11.5. The normalized spacial score (nSPS) is 14.4. The lowest BCUT2D eigenvalue weighted by molar-refractivity contribution is -0.359. The fourth-order valence-electron chi connectivity index (χ4n) is 0.704. The molecular weight excluding hydrogens is 271 g/mol. The largest absolute Gasteiger partial charge is 0.484 e. The zero-order valence-corrected chi connectivity index (χ0v) is 8.73. The van der Waals surface area contributed by atoms with Crippen molar-refractivity contribution in [3.8, 4) is 5.75 Å². The van der Waals surface area contributed by atoms with Gasteiger partial charge in [0.05, 0.1) is 0 Å². The van der Waals surface area contributed by atoms with E-state index in [0.29, 0.717) is 0 Å². The lowest BCUT2D eigenvalue weighted by Gasteiger charge is -2.17. The van der Waals surface area contributed by atoms with E-state index in [1.54, 1.807) is 6.07 Å². The van der Waals surface area contributed by atoms with Crippen LogP contribution in [-0.2, 0) is 15.5 Å². The molecule has 1 aromatic rings. The first kappa shape index (κ1) is 13.8. The van der Waals surface area contributed by atoms with Gasteiger partial charge in [-0.25, -0.2) is 0 Å². The van der Waals surface area contributed by atoms with Gasteiger partial charge in [0, 0.05) is 0 Å². The maximum Gasteiger partial charge on any atom is 0.484 e. The van der Waals surface area contributed by atoms with Crippen molar-refractivity contribution in [1.82, 2.24) is 0 Å². The smallest absolute Gasteiger partial charge is 0.380 e. The first-order valence-electron chi connectivity index (χ1n) is 4.01. The summed E-state index contributed by atoms with van der Waals surface area (Å²) in [5.41, 5.74) is 0. The van der Waals surface area contributed by atoms with Gasteiger partial charge in [0.2, 0.25) is 0 Å². The molecule has 0 heterocycles. The van der Waals surface area contributed by atoms with Gasteiger partial charge in [-0.05, 0) is 12.1 Å². The summed E-state index contributed by atoms with van der Waals surface area (Å²) in [6.45, 7) is 0. The predicted octanol–water partition coefficient (Wildman–Crippen LogP) is 2.82. The van der Waals surface area contributed by atoms with Crippen molar-refractivity contribution in [3.63, 3.8) is 0 Å². The molecule has 0 bridgehead atoms. The number of alkyl halides is 5. The highest BCUT2D eigenvalue weighted by atomic mass is 32.2. The van der Waals surface area contributed by atoms with Crippen molar-refractivity contribution in [1.29, 1.82) is 0 Å². The Morgan fingerprint density at radius 3 is 2.00 bits per heavy atom. The maximum atomic E-state index is 12.3. The molecule has 0 aromatic heterocycles. The van der Waals surface area contributed by atoms with Crippen molar-refractivity contribution in [2.45, 2.75) is 12.3 Å². The van der Waals surface area contributed by atoms with Crippen molar-refractivity contribution >= 4 is 11.4 Å². The maximum absolute atomic E-state index is 12.3. The van der Waals surface area contributed by atoms with Crippen molar-refractivity contribution in [2.75, 3.05) is 0 Å². The second-order valence-electron chi connectivity index (χ2n) is 2.70. The monoisotopic (exact) mass is 276 g/mol. The Morgan fingerprint density at radius 1 is 1.00 bits per heavy atom. The molecule has 9 heteroatoms. The third-order valence-corrected chi connectivity index (χ3v) is 2.08. The third kappa shape index (κ3) is 3.93. The third-order valence-electron chi connectivity index (χ3n) is 1.41. The Hall–Kier alpha value is -1.22. The van der Waals surface area contributed by atoms with Crippen LogP contribution in [0.3, 0.4) is 0 Å². The summed E-state index contributed by atoms with van der Waals surface area (Å²) < 4.78 is 77.5. The molecule has 0 spiro atoms. The Bertz CT molecular complexity index is 392. The summed E-state index contributed by atoms with van der Waals surface area (Å²) in [7, 11) is 0. The van der Waals surface area contributed by atoms with E-state index in [0.717, 1.165) is 0 Å². The van der Waals surface area contributed by atoms with Crippen LogP contribution in [0.15, 0.2) is 30.3 Å². The fraction of sp³-hybridized carbons (Fsp3) is 0.250. The molecule has 0 radical (unpaired) electrons. The molecule has 0 N–H and O–H groups in total. The molecule has 0 aliphatic rings. The minimum atomic E-state index is -5.96. The van der Waals surface area contributed by atoms with Gasteiger partial charge in [0.25, 0.3) is 0 Å². The molecule has 0 saturated heterocycles. The van der Waals surface area contributed by atoms with Gasteiger partial charge in [0.15, 0.2) is 0 Å². The number of benzene rings is 1. The molecule has 17 heavy (non-hydrogen) atoms. The molecule has 0 amide bonds. The first-order valence-corrected chi connectivity index (χ1v) is 5.01. The summed E-state index contributed by atoms with van der Waals surface area (Å²) in [5, 5.41) is 0. The van der Waals surface area contributed by atoms with Gasteiger partial charge >= 0.3 is 23.6 Å². The predicted molar refractivity (Wildman–Crippen MR) is 47.3 cm³/mol. The minimum Gasteiger partial charge on any atom is -0.380 e. The second kappa shape index (κ2) is 4.96. The molecule has 96 valence electrons. The minimum absolute atomic E-state index is 0.163. The second-order valence-corrected chi connectivity index (χ2v) is 3.44. The van der Waals surface area contributed by atoms with Gasteiger partial charge in [0.1, 0.15) is 5.75 Å². The Labute approximate surface area is 95.0 Å². The Morgan fingerprint density at radius 2 is 1.53 bits per heavy atom. The SMILES string of the molecule is O=S(Oc1ccccc1)OC(F)(F)C(F)(F)F. The van der Waals surface area contributed by atoms with Crippen LogP contribution in [0.2, 0.25) is 0 Å². The highest BCUT2D eigenvalue weighted by molar-refractivity contribution is 7.75. The summed E-state index contributed by atoms with van der Waals surface area (Å²) in [6, 6.07) is 6.80. The first-order chi connectivity index (χ1) is 7.72. The Balaban J connectivity index is 2.62. The van der Waals surface area contributed by atoms with Crippen molar-refractivity contribution in [3.05, 3.63) is 30.3 Å². The lowest BCUT2D eigenvalue weighted by Crippen LogP contribution is -2.40. The average Bonchev–Trinajstić information content (AvgIpc) is 2.16. The van der Waals surface area contributed by atoms with E-state index in [4.69, 9.17) is 0 Å². The van der Waals surface area contributed by atoms with Crippen molar-refractivity contribution in [2.24, 2.45) is 0 Å². The van der Waals surface area contributed by atoms with E-state index >= 15 is 0 Å². The highest BCUT2D eigenvalue weighted by Gasteiger charge is 2.61. The summed E-state index contributed by atoms with van der Waals surface area (Å²) in [4.78, 5) is 0. The van der Waals surface area contributed by atoms with Crippen LogP contribution in [0.4, 0.5) is 22.0 Å². The average molecular weight is 276 g/mol. The summed E-state index contributed by atoms with van der Waals surface area (Å²) in [5.74, 6) is -0.163. The molecule has 1 unspecified atom stereocenters. The molecule has 0 aliphatic carbocycles. The van der Waals surface area contributed by atoms with Crippen LogP contribution >= 0.6 is 0 Å². The molecule has 1 aromatic carbocycles. The number of rotatable bonds is 4. The highest BCUT2D eigenvalue weighted by Crippen LogP contribution is 2.37. The zero-order valence-electron chi connectivity index (χ0n) is 7.91. The number of halogens is 5. The molecule has 0 saturated carbocycles. The number of hydrogen-bond acceptors (Lipinski definition) is 3. The van der Waals surface area contributed by atoms with Gasteiger partial charge in [-0.3, -0.25) is 0 Å². The summed E-state index contributed by atoms with van der Waals surface area (Å²) >= 11 is -3.26. The molecule has 1 rings (SSSR count). The Kier molecular flexibility index (Phi) is 4.04. The lowest BCUT2D eigenvalue weighted by atomic mass is 10.3. The van der Waals surface area contributed by atoms with Crippen LogP contribution in [-0.4, -0.2) is 16.5 Å². The van der Waals surface area contributed by atoms with Crippen LogP contribution in [0.1, 0.15) is 0 Å². The zero-order chi connectivity index (χ0) is 13.1. The number of hydrogen-bond donors (Lipinski definition) is 0.